The first-order chi connectivity index (χ1) is 19.3. The maximum Gasteiger partial charge on any atom is 0.355 e. The van der Waals surface area contributed by atoms with Crippen LogP contribution in [0.4, 0.5) is 0 Å². The zero-order valence-corrected chi connectivity index (χ0v) is 24.1. The van der Waals surface area contributed by atoms with Gasteiger partial charge in [0.15, 0.2) is 6.29 Å². The lowest BCUT2D eigenvalue weighted by Crippen LogP contribution is -2.13. The standard InChI is InChI=1S/C32H32ClN3O4/c1-6-39-32(38)31-23(12-9-15-40-27-17-19(2)16-21-10-7-8-11-22(21)27)24-13-14-25(33)29(30(24)35(31)4)28-20(3)36(5)34-26(28)18-37/h7-8,10-11,13-14,16-18H,6,9,12,15H2,1-5H3. The van der Waals surface area contributed by atoms with Crippen LogP contribution in [-0.4, -0.2) is 39.8 Å². The summed E-state index contributed by atoms with van der Waals surface area (Å²) < 4.78 is 15.2. The van der Waals surface area contributed by atoms with Crippen LogP contribution in [0, 0.1) is 13.8 Å². The summed E-state index contributed by atoms with van der Waals surface area (Å²) in [7, 11) is 3.62. The lowest BCUT2D eigenvalue weighted by molar-refractivity contribution is 0.0514. The maximum absolute atomic E-state index is 13.2. The molecule has 0 spiro atoms. The summed E-state index contributed by atoms with van der Waals surface area (Å²) in [6, 6.07) is 16.1. The Bertz CT molecular complexity index is 1770. The van der Waals surface area contributed by atoms with Gasteiger partial charge < -0.3 is 14.0 Å². The predicted octanol–water partition coefficient (Wildman–Crippen LogP) is 7.00. The zero-order chi connectivity index (χ0) is 28.6. The van der Waals surface area contributed by atoms with Crippen molar-refractivity contribution >= 4 is 45.5 Å². The minimum absolute atomic E-state index is 0.258. The normalized spacial score (nSPS) is 11.3. The number of carbonyl (C=O) groups excluding carboxylic acids is 2. The van der Waals surface area contributed by atoms with Crippen molar-refractivity contribution in [3.05, 3.63) is 81.8 Å². The van der Waals surface area contributed by atoms with Crippen molar-refractivity contribution in [2.75, 3.05) is 13.2 Å². The Hall–Kier alpha value is -4.10. The molecule has 0 radical (unpaired) electrons. The summed E-state index contributed by atoms with van der Waals surface area (Å²) in [4.78, 5) is 25.2. The molecule has 0 N–H and O–H groups in total. The quantitative estimate of drug-likeness (QED) is 0.111. The Morgan fingerprint density at radius 2 is 1.82 bits per heavy atom. The minimum atomic E-state index is -0.401. The molecule has 2 aromatic heterocycles. The highest BCUT2D eigenvalue weighted by Crippen LogP contribution is 2.41. The van der Waals surface area contributed by atoms with Crippen molar-refractivity contribution in [1.82, 2.24) is 14.3 Å². The molecule has 0 atom stereocenters. The second kappa shape index (κ2) is 11.2. The number of benzene rings is 3. The number of carbonyl (C=O) groups is 2. The first kappa shape index (κ1) is 27.5. The van der Waals surface area contributed by atoms with Gasteiger partial charge in [0, 0.05) is 41.7 Å². The SMILES string of the molecule is CCOC(=O)c1c(CCCOc2cc(C)cc3ccccc23)c2ccc(Cl)c(-c3c(C=O)nn(C)c3C)c2n1C. The molecule has 5 aromatic rings. The fraction of sp³-hybridized carbons (Fsp3) is 0.281. The molecule has 7 nitrogen and oxygen atoms in total. The summed E-state index contributed by atoms with van der Waals surface area (Å²) in [5.41, 5.74) is 5.66. The predicted molar refractivity (Wildman–Crippen MR) is 159 cm³/mol. The van der Waals surface area contributed by atoms with Crippen LogP contribution < -0.4 is 4.74 Å². The van der Waals surface area contributed by atoms with Gasteiger partial charge in [-0.2, -0.15) is 5.10 Å². The number of aromatic nitrogens is 3. The van der Waals surface area contributed by atoms with E-state index in [9.17, 15) is 9.59 Å². The molecular weight excluding hydrogens is 526 g/mol. The summed E-state index contributed by atoms with van der Waals surface area (Å²) in [6.07, 6.45) is 2.00. The summed E-state index contributed by atoms with van der Waals surface area (Å²) in [5, 5.41) is 7.93. The summed E-state index contributed by atoms with van der Waals surface area (Å²) in [6.45, 7) is 6.48. The molecule has 0 unspecified atom stereocenters. The van der Waals surface area contributed by atoms with E-state index in [-0.39, 0.29) is 6.61 Å². The number of aldehydes is 1. The van der Waals surface area contributed by atoms with Gasteiger partial charge in [-0.05, 0) is 62.3 Å². The van der Waals surface area contributed by atoms with E-state index in [0.717, 1.165) is 50.5 Å². The van der Waals surface area contributed by atoms with Crippen molar-refractivity contribution in [1.29, 1.82) is 0 Å². The Balaban J connectivity index is 1.55. The first-order valence-corrected chi connectivity index (χ1v) is 13.7. The van der Waals surface area contributed by atoms with E-state index >= 15 is 0 Å². The second-order valence-corrected chi connectivity index (χ2v) is 10.4. The Morgan fingerprint density at radius 1 is 1.05 bits per heavy atom. The minimum Gasteiger partial charge on any atom is -0.493 e. The molecule has 206 valence electrons. The lowest BCUT2D eigenvalue weighted by Gasteiger charge is -2.11. The number of aryl methyl sites for hydroxylation is 4. The number of halogens is 1. The molecular formula is C32H32ClN3O4. The number of hydrogen-bond donors (Lipinski definition) is 0. The smallest absolute Gasteiger partial charge is 0.355 e. The number of hydrogen-bond acceptors (Lipinski definition) is 5. The van der Waals surface area contributed by atoms with E-state index in [1.54, 1.807) is 18.7 Å². The summed E-state index contributed by atoms with van der Waals surface area (Å²) in [5.74, 6) is 0.448. The number of rotatable bonds is 9. The Morgan fingerprint density at radius 3 is 2.58 bits per heavy atom. The van der Waals surface area contributed by atoms with E-state index < -0.39 is 5.97 Å². The highest BCUT2D eigenvalue weighted by atomic mass is 35.5. The maximum atomic E-state index is 13.2. The largest absolute Gasteiger partial charge is 0.493 e. The number of fused-ring (bicyclic) bond motifs is 2. The van der Waals surface area contributed by atoms with Crippen molar-refractivity contribution in [3.63, 3.8) is 0 Å². The molecule has 0 saturated heterocycles. The van der Waals surface area contributed by atoms with Gasteiger partial charge in [-0.3, -0.25) is 9.48 Å². The molecule has 0 bridgehead atoms. The van der Waals surface area contributed by atoms with Crippen LogP contribution in [0.3, 0.4) is 0 Å². The molecule has 40 heavy (non-hydrogen) atoms. The number of nitrogens with zero attached hydrogens (tertiary/aromatic N) is 3. The number of ether oxygens (including phenoxy) is 2. The molecule has 2 heterocycles. The van der Waals surface area contributed by atoms with E-state index in [4.69, 9.17) is 21.1 Å². The average molecular weight is 558 g/mol. The van der Waals surface area contributed by atoms with E-state index in [0.29, 0.717) is 47.0 Å². The molecule has 5 rings (SSSR count). The second-order valence-electron chi connectivity index (χ2n) is 9.95. The van der Waals surface area contributed by atoms with Gasteiger partial charge in [-0.15, -0.1) is 0 Å². The van der Waals surface area contributed by atoms with Gasteiger partial charge in [0.1, 0.15) is 17.1 Å². The van der Waals surface area contributed by atoms with Crippen LogP contribution in [-0.2, 0) is 25.3 Å². The van der Waals surface area contributed by atoms with Gasteiger partial charge in [0.2, 0.25) is 0 Å². The third-order valence-corrected chi connectivity index (χ3v) is 7.71. The topological polar surface area (TPSA) is 75.4 Å². The molecule has 3 aromatic carbocycles. The summed E-state index contributed by atoms with van der Waals surface area (Å²) >= 11 is 6.77. The molecule has 0 aliphatic rings. The van der Waals surface area contributed by atoms with Gasteiger partial charge in [0.25, 0.3) is 0 Å². The van der Waals surface area contributed by atoms with Crippen LogP contribution in [0.25, 0.3) is 32.8 Å². The molecule has 0 aliphatic carbocycles. The van der Waals surface area contributed by atoms with Gasteiger partial charge >= 0.3 is 5.97 Å². The van der Waals surface area contributed by atoms with Gasteiger partial charge in [-0.1, -0.05) is 48.0 Å². The third kappa shape index (κ3) is 4.75. The van der Waals surface area contributed by atoms with Crippen molar-refractivity contribution in [2.45, 2.75) is 33.6 Å². The highest BCUT2D eigenvalue weighted by Gasteiger charge is 2.27. The molecule has 0 amide bonds. The molecule has 8 heteroatoms. The van der Waals surface area contributed by atoms with Crippen LogP contribution >= 0.6 is 11.6 Å². The molecule has 0 aliphatic heterocycles. The third-order valence-electron chi connectivity index (χ3n) is 7.40. The van der Waals surface area contributed by atoms with Crippen molar-refractivity contribution in [3.8, 4) is 16.9 Å². The van der Waals surface area contributed by atoms with Gasteiger partial charge in [0.05, 0.1) is 23.8 Å². The van der Waals surface area contributed by atoms with Crippen LogP contribution in [0.2, 0.25) is 5.02 Å². The van der Waals surface area contributed by atoms with Crippen molar-refractivity contribution in [2.24, 2.45) is 14.1 Å². The van der Waals surface area contributed by atoms with E-state index in [1.807, 2.05) is 42.8 Å². The lowest BCUT2D eigenvalue weighted by atomic mass is 9.98. The van der Waals surface area contributed by atoms with Crippen LogP contribution in [0.15, 0.2) is 48.5 Å². The Labute approximate surface area is 238 Å². The van der Waals surface area contributed by atoms with Crippen LogP contribution in [0.5, 0.6) is 5.75 Å². The monoisotopic (exact) mass is 557 g/mol. The van der Waals surface area contributed by atoms with Crippen molar-refractivity contribution < 1.29 is 19.1 Å². The van der Waals surface area contributed by atoms with E-state index in [1.165, 1.54) is 0 Å². The Kier molecular flexibility index (Phi) is 7.68. The van der Waals surface area contributed by atoms with Gasteiger partial charge in [-0.25, -0.2) is 4.79 Å². The highest BCUT2D eigenvalue weighted by molar-refractivity contribution is 6.35. The van der Waals surface area contributed by atoms with E-state index in [2.05, 4.69) is 36.3 Å². The average Bonchev–Trinajstić information content (AvgIpc) is 3.38. The fourth-order valence-electron chi connectivity index (χ4n) is 5.55. The first-order valence-electron chi connectivity index (χ1n) is 13.3. The number of esters is 1. The molecule has 0 saturated carbocycles. The van der Waals surface area contributed by atoms with Crippen LogP contribution in [0.1, 0.15) is 51.1 Å². The fourth-order valence-corrected chi connectivity index (χ4v) is 5.79. The molecule has 0 fully saturated rings. The zero-order valence-electron chi connectivity index (χ0n) is 23.4.